The van der Waals surface area contributed by atoms with Crippen molar-refractivity contribution in [1.82, 2.24) is 0 Å². The van der Waals surface area contributed by atoms with Crippen LogP contribution in [-0.2, 0) is 28.5 Å². The first-order chi connectivity index (χ1) is 11.3. The van der Waals surface area contributed by atoms with E-state index < -0.39 is 47.8 Å². The Balaban J connectivity index is 2.10. The Hall–Kier alpha value is -0.610. The average molecular weight is 425 g/mol. The van der Waals surface area contributed by atoms with Crippen molar-refractivity contribution in [1.29, 1.82) is 0 Å². The molecule has 0 saturated carbocycles. The van der Waals surface area contributed by atoms with Crippen molar-refractivity contribution < 1.29 is 33.3 Å². The summed E-state index contributed by atoms with van der Waals surface area (Å²) in [6, 6.07) is 0. The van der Waals surface area contributed by atoms with Crippen molar-refractivity contribution in [3.63, 3.8) is 0 Å². The van der Waals surface area contributed by atoms with Gasteiger partial charge < -0.3 is 23.7 Å². The van der Waals surface area contributed by atoms with Gasteiger partial charge in [0.05, 0.1) is 0 Å². The van der Waals surface area contributed by atoms with E-state index >= 15 is 0 Å². The van der Waals surface area contributed by atoms with E-state index in [0.29, 0.717) is 11.1 Å². The van der Waals surface area contributed by atoms with Gasteiger partial charge in [0.15, 0.2) is 24.3 Å². The molecule has 0 amide bonds. The molecule has 0 aliphatic carbocycles. The second-order valence-corrected chi connectivity index (χ2v) is 7.41. The molecular weight excluding hydrogens is 404 g/mol. The monoisotopic (exact) mass is 424 g/mol. The second-order valence-electron chi connectivity index (χ2n) is 5.80. The highest BCUT2D eigenvalue weighted by atomic mass is 79.9. The molecule has 2 fully saturated rings. The van der Waals surface area contributed by atoms with Crippen LogP contribution in [0, 0.1) is 0 Å². The SMILES string of the molecule is C=CCSC(=O)O[C@@H](CBr)[C@H]1O[C@@H]2OC(C)(C)O[C@@H]2[C@H]1OC(C)=O. The van der Waals surface area contributed by atoms with E-state index in [1.807, 2.05) is 0 Å². The Bertz CT molecular complexity index is 498. The predicted octanol–water partition coefficient (Wildman–Crippen LogP) is 2.61. The second kappa shape index (κ2) is 8.18. The number of ether oxygens (including phenoxy) is 5. The van der Waals surface area contributed by atoms with Crippen LogP contribution >= 0.6 is 27.7 Å². The number of thioether (sulfide) groups is 1. The molecule has 2 heterocycles. The number of esters is 1. The molecule has 24 heavy (non-hydrogen) atoms. The molecule has 2 rings (SSSR count). The van der Waals surface area contributed by atoms with Crippen molar-refractivity contribution in [3.8, 4) is 0 Å². The molecular formula is C15H21BrO7S. The average Bonchev–Trinajstić information content (AvgIpc) is 2.95. The third-order valence-corrected chi connectivity index (χ3v) is 4.79. The van der Waals surface area contributed by atoms with Gasteiger partial charge in [0, 0.05) is 18.0 Å². The van der Waals surface area contributed by atoms with Crippen LogP contribution in [0.15, 0.2) is 12.7 Å². The zero-order valence-corrected chi connectivity index (χ0v) is 16.1. The third kappa shape index (κ3) is 4.72. The standard InChI is InChI=1S/C15H21BrO7S/c1-5-6-24-14(18)20-9(7-16)10-11(19-8(2)17)12-13(21-10)23-15(3,4)22-12/h5,9-13H,1,6-7H2,2-4H3/t9-,10+,11-,12+,13+/m0/s1. The van der Waals surface area contributed by atoms with E-state index in [4.69, 9.17) is 23.7 Å². The van der Waals surface area contributed by atoms with Crippen LogP contribution < -0.4 is 0 Å². The molecule has 7 nitrogen and oxygen atoms in total. The van der Waals surface area contributed by atoms with Crippen LogP contribution in [0.1, 0.15) is 20.8 Å². The van der Waals surface area contributed by atoms with Gasteiger partial charge in [-0.1, -0.05) is 22.0 Å². The highest BCUT2D eigenvalue weighted by molar-refractivity contribution is 9.09. The van der Waals surface area contributed by atoms with Crippen LogP contribution in [0.4, 0.5) is 4.79 Å². The normalized spacial score (nSPS) is 32.0. The fourth-order valence-electron chi connectivity index (χ4n) is 2.60. The topological polar surface area (TPSA) is 80.3 Å². The lowest BCUT2D eigenvalue weighted by atomic mass is 10.1. The fraction of sp³-hybridized carbons (Fsp3) is 0.733. The van der Waals surface area contributed by atoms with Gasteiger partial charge in [0.2, 0.25) is 0 Å². The maximum atomic E-state index is 11.9. The molecule has 0 spiro atoms. The van der Waals surface area contributed by atoms with Gasteiger partial charge >= 0.3 is 11.3 Å². The highest BCUT2D eigenvalue weighted by Crippen LogP contribution is 2.40. The summed E-state index contributed by atoms with van der Waals surface area (Å²) >= 11 is 4.30. The molecule has 2 aliphatic heterocycles. The number of fused-ring (bicyclic) bond motifs is 1. The predicted molar refractivity (Wildman–Crippen MR) is 91.0 cm³/mol. The van der Waals surface area contributed by atoms with Gasteiger partial charge in [0.1, 0.15) is 12.2 Å². The van der Waals surface area contributed by atoms with Gasteiger partial charge in [-0.3, -0.25) is 4.79 Å². The molecule has 0 unspecified atom stereocenters. The zero-order valence-electron chi connectivity index (χ0n) is 13.7. The summed E-state index contributed by atoms with van der Waals surface area (Å²) in [5.74, 6) is -0.861. The number of alkyl halides is 1. The minimum absolute atomic E-state index is 0.318. The number of carbonyl (C=O) groups is 2. The number of hydrogen-bond donors (Lipinski definition) is 0. The minimum Gasteiger partial charge on any atom is -0.457 e. The summed E-state index contributed by atoms with van der Waals surface area (Å²) in [5.41, 5.74) is 0. The zero-order chi connectivity index (χ0) is 17.9. The third-order valence-electron chi connectivity index (χ3n) is 3.41. The van der Waals surface area contributed by atoms with Gasteiger partial charge in [-0.25, -0.2) is 4.79 Å². The molecule has 5 atom stereocenters. The summed E-state index contributed by atoms with van der Waals surface area (Å²) in [4.78, 5) is 23.3. The lowest BCUT2D eigenvalue weighted by molar-refractivity contribution is -0.227. The van der Waals surface area contributed by atoms with E-state index in [9.17, 15) is 9.59 Å². The first kappa shape index (κ1) is 19.7. The van der Waals surface area contributed by atoms with Crippen molar-refractivity contribution >= 4 is 39.0 Å². The summed E-state index contributed by atoms with van der Waals surface area (Å²) in [6.45, 7) is 8.36. The Morgan fingerprint density at radius 2 is 2.12 bits per heavy atom. The first-order valence-electron chi connectivity index (χ1n) is 7.46. The molecule has 0 radical (unpaired) electrons. The van der Waals surface area contributed by atoms with E-state index in [2.05, 4.69) is 22.5 Å². The van der Waals surface area contributed by atoms with Gasteiger partial charge in [0.25, 0.3) is 0 Å². The van der Waals surface area contributed by atoms with Crippen molar-refractivity contribution in [2.75, 3.05) is 11.1 Å². The summed E-state index contributed by atoms with van der Waals surface area (Å²) in [7, 11) is 0. The lowest BCUT2D eigenvalue weighted by Crippen LogP contribution is -2.45. The van der Waals surface area contributed by atoms with Crippen molar-refractivity contribution in [2.24, 2.45) is 0 Å². The van der Waals surface area contributed by atoms with Crippen molar-refractivity contribution in [3.05, 3.63) is 12.7 Å². The molecule has 2 aliphatic rings. The number of carbonyl (C=O) groups excluding carboxylic acids is 2. The Morgan fingerprint density at radius 1 is 1.42 bits per heavy atom. The lowest BCUT2D eigenvalue weighted by Gasteiger charge is -2.29. The van der Waals surface area contributed by atoms with E-state index in [1.165, 1.54) is 6.92 Å². The van der Waals surface area contributed by atoms with Crippen LogP contribution in [-0.4, -0.2) is 58.8 Å². The summed E-state index contributed by atoms with van der Waals surface area (Å²) in [6.07, 6.45) is -1.72. The molecule has 0 bridgehead atoms. The number of halogens is 1. The summed E-state index contributed by atoms with van der Waals surface area (Å²) < 4.78 is 28.1. The largest absolute Gasteiger partial charge is 0.457 e. The quantitative estimate of drug-likeness (QED) is 0.365. The smallest absolute Gasteiger partial charge is 0.368 e. The molecule has 0 aromatic rings. The number of rotatable bonds is 6. The van der Waals surface area contributed by atoms with Crippen LogP contribution in [0.2, 0.25) is 0 Å². The summed E-state index contributed by atoms with van der Waals surface area (Å²) in [5, 5.41) is -0.137. The van der Waals surface area contributed by atoms with E-state index in [1.54, 1.807) is 19.9 Å². The van der Waals surface area contributed by atoms with Gasteiger partial charge in [-0.05, 0) is 25.6 Å². The van der Waals surface area contributed by atoms with E-state index in [0.717, 1.165) is 11.8 Å². The Kier molecular flexibility index (Phi) is 6.72. The molecule has 0 N–H and O–H groups in total. The van der Waals surface area contributed by atoms with Crippen LogP contribution in [0.25, 0.3) is 0 Å². The molecule has 9 heteroatoms. The van der Waals surface area contributed by atoms with Crippen LogP contribution in [0.3, 0.4) is 0 Å². The van der Waals surface area contributed by atoms with Gasteiger partial charge in [-0.2, -0.15) is 0 Å². The van der Waals surface area contributed by atoms with E-state index in [-0.39, 0.29) is 0 Å². The number of hydrogen-bond acceptors (Lipinski definition) is 8. The highest BCUT2D eigenvalue weighted by Gasteiger charge is 2.58. The molecule has 2 saturated heterocycles. The van der Waals surface area contributed by atoms with Gasteiger partial charge in [-0.15, -0.1) is 6.58 Å². The minimum atomic E-state index is -0.834. The maximum absolute atomic E-state index is 11.9. The molecule has 136 valence electrons. The first-order valence-corrected chi connectivity index (χ1v) is 9.56. The molecule has 0 aromatic carbocycles. The maximum Gasteiger partial charge on any atom is 0.368 e. The Morgan fingerprint density at radius 3 is 2.71 bits per heavy atom. The van der Waals surface area contributed by atoms with Crippen molar-refractivity contribution in [2.45, 2.75) is 57.3 Å². The Labute approximate surface area is 153 Å². The van der Waals surface area contributed by atoms with Crippen LogP contribution in [0.5, 0.6) is 0 Å². The molecule has 0 aromatic heterocycles. The fourth-order valence-corrected chi connectivity index (χ4v) is 3.55.